The summed E-state index contributed by atoms with van der Waals surface area (Å²) in [7, 11) is 0. The number of hydrazine groups is 1. The molecular weight excluding hydrogens is 344 g/mol. The fraction of sp³-hybridized carbons (Fsp3) is 0.650. The largest absolute Gasteiger partial charge is 0.443 e. The van der Waals surface area contributed by atoms with E-state index in [2.05, 4.69) is 15.7 Å². The monoisotopic (exact) mass is 376 g/mol. The van der Waals surface area contributed by atoms with Gasteiger partial charge >= 0.3 is 6.09 Å². The lowest BCUT2D eigenvalue weighted by Crippen LogP contribution is -2.54. The summed E-state index contributed by atoms with van der Waals surface area (Å²) in [5.74, 6) is 0.0396. The lowest BCUT2D eigenvalue weighted by molar-refractivity contribution is -0.121. The van der Waals surface area contributed by atoms with Crippen molar-refractivity contribution in [3.05, 3.63) is 24.5 Å². The summed E-state index contributed by atoms with van der Waals surface area (Å²) >= 11 is 0. The molecule has 1 heterocycles. The summed E-state index contributed by atoms with van der Waals surface area (Å²) in [5.41, 5.74) is 3.54. The standard InChI is InChI=1S/C20H32N4O3/c1-14(2)24(19(26)27-20(3,4)5)23-17-8-6-15(7-9-17)18(25)22-16-10-12-21-13-11-16/h10-15,17,23H,6-9H2,1-5H3,(H,21,22,25). The maximum absolute atomic E-state index is 12.4. The first kappa shape index (κ1) is 21.2. The van der Waals surface area contributed by atoms with Crippen LogP contribution in [0, 0.1) is 5.92 Å². The molecule has 0 radical (unpaired) electrons. The van der Waals surface area contributed by atoms with Crippen LogP contribution in [-0.2, 0) is 9.53 Å². The second-order valence-corrected chi connectivity index (χ2v) is 8.35. The van der Waals surface area contributed by atoms with Gasteiger partial charge in [-0.25, -0.2) is 15.2 Å². The molecule has 0 bridgehead atoms. The fourth-order valence-electron chi connectivity index (χ4n) is 3.08. The van der Waals surface area contributed by atoms with E-state index in [1.807, 2.05) is 34.6 Å². The number of aromatic nitrogens is 1. The average Bonchev–Trinajstić information content (AvgIpc) is 2.59. The lowest BCUT2D eigenvalue weighted by atomic mass is 9.85. The molecule has 7 heteroatoms. The van der Waals surface area contributed by atoms with Gasteiger partial charge in [-0.2, -0.15) is 0 Å². The molecular formula is C20H32N4O3. The molecule has 2 rings (SSSR count). The maximum atomic E-state index is 12.4. The third-order valence-corrected chi connectivity index (χ3v) is 4.47. The minimum atomic E-state index is -0.533. The second-order valence-electron chi connectivity index (χ2n) is 8.35. The number of rotatable bonds is 5. The van der Waals surface area contributed by atoms with Gasteiger partial charge in [-0.05, 0) is 72.4 Å². The van der Waals surface area contributed by atoms with Crippen molar-refractivity contribution in [2.24, 2.45) is 5.92 Å². The predicted octanol–water partition coefficient (Wildman–Crippen LogP) is 3.73. The van der Waals surface area contributed by atoms with Gasteiger partial charge in [0, 0.05) is 36.1 Å². The minimum absolute atomic E-state index is 0.00904. The maximum Gasteiger partial charge on any atom is 0.425 e. The first-order chi connectivity index (χ1) is 12.7. The van der Waals surface area contributed by atoms with Gasteiger partial charge in [0.15, 0.2) is 0 Å². The number of amides is 2. The van der Waals surface area contributed by atoms with Crippen molar-refractivity contribution in [3.8, 4) is 0 Å². The van der Waals surface area contributed by atoms with Crippen LogP contribution in [0.4, 0.5) is 10.5 Å². The number of hydrogen-bond donors (Lipinski definition) is 2. The summed E-state index contributed by atoms with van der Waals surface area (Å²) in [4.78, 5) is 28.8. The van der Waals surface area contributed by atoms with Gasteiger partial charge in [0.1, 0.15) is 5.60 Å². The summed E-state index contributed by atoms with van der Waals surface area (Å²) < 4.78 is 5.48. The van der Waals surface area contributed by atoms with Crippen molar-refractivity contribution in [1.82, 2.24) is 15.4 Å². The van der Waals surface area contributed by atoms with Gasteiger partial charge < -0.3 is 10.1 Å². The van der Waals surface area contributed by atoms with E-state index in [0.29, 0.717) is 0 Å². The molecule has 0 unspecified atom stereocenters. The highest BCUT2D eigenvalue weighted by Crippen LogP contribution is 2.26. The van der Waals surface area contributed by atoms with Crippen LogP contribution < -0.4 is 10.7 Å². The smallest absolute Gasteiger partial charge is 0.425 e. The van der Waals surface area contributed by atoms with Gasteiger partial charge in [-0.15, -0.1) is 0 Å². The third-order valence-electron chi connectivity index (χ3n) is 4.47. The fourth-order valence-corrected chi connectivity index (χ4v) is 3.08. The van der Waals surface area contributed by atoms with E-state index in [-0.39, 0.29) is 30.0 Å². The van der Waals surface area contributed by atoms with Crippen LogP contribution in [0.15, 0.2) is 24.5 Å². The Kier molecular flexibility index (Phi) is 7.18. The Balaban J connectivity index is 1.84. The zero-order valence-corrected chi connectivity index (χ0v) is 17.0. The number of ether oxygens (including phenoxy) is 1. The Morgan fingerprint density at radius 1 is 1.15 bits per heavy atom. The van der Waals surface area contributed by atoms with Crippen molar-refractivity contribution in [1.29, 1.82) is 0 Å². The molecule has 0 atom stereocenters. The van der Waals surface area contributed by atoms with E-state index in [1.54, 1.807) is 29.5 Å². The molecule has 0 aliphatic heterocycles. The normalized spacial score (nSPS) is 20.2. The molecule has 0 aromatic carbocycles. The topological polar surface area (TPSA) is 83.6 Å². The Bertz CT molecular complexity index is 620. The minimum Gasteiger partial charge on any atom is -0.443 e. The van der Waals surface area contributed by atoms with Crippen LogP contribution in [0.3, 0.4) is 0 Å². The second kappa shape index (κ2) is 9.17. The summed E-state index contributed by atoms with van der Waals surface area (Å²) in [6.07, 6.45) is 6.20. The van der Waals surface area contributed by atoms with Crippen molar-refractivity contribution in [2.75, 3.05) is 5.32 Å². The summed E-state index contributed by atoms with van der Waals surface area (Å²) in [6.45, 7) is 9.47. The lowest BCUT2D eigenvalue weighted by Gasteiger charge is -2.36. The van der Waals surface area contributed by atoms with E-state index in [9.17, 15) is 9.59 Å². The quantitative estimate of drug-likeness (QED) is 0.765. The van der Waals surface area contributed by atoms with Crippen LogP contribution in [-0.4, -0.2) is 39.7 Å². The van der Waals surface area contributed by atoms with Crippen LogP contribution in [0.5, 0.6) is 0 Å². The van der Waals surface area contributed by atoms with E-state index in [1.165, 1.54) is 0 Å². The molecule has 150 valence electrons. The van der Waals surface area contributed by atoms with E-state index >= 15 is 0 Å². The number of carbonyl (C=O) groups is 2. The predicted molar refractivity (Wildman–Crippen MR) is 105 cm³/mol. The van der Waals surface area contributed by atoms with Crippen LogP contribution >= 0.6 is 0 Å². The first-order valence-corrected chi connectivity index (χ1v) is 9.65. The molecule has 27 heavy (non-hydrogen) atoms. The molecule has 1 aliphatic rings. The molecule has 1 aromatic rings. The van der Waals surface area contributed by atoms with Crippen LogP contribution in [0.2, 0.25) is 0 Å². The molecule has 2 N–H and O–H groups in total. The van der Waals surface area contributed by atoms with Crippen molar-refractivity contribution < 1.29 is 14.3 Å². The Labute approximate surface area is 161 Å². The first-order valence-electron chi connectivity index (χ1n) is 9.65. The Morgan fingerprint density at radius 2 is 1.74 bits per heavy atom. The zero-order valence-electron chi connectivity index (χ0n) is 17.0. The molecule has 0 saturated heterocycles. The van der Waals surface area contributed by atoms with Gasteiger partial charge in [0.2, 0.25) is 5.91 Å². The van der Waals surface area contributed by atoms with E-state index < -0.39 is 5.60 Å². The van der Waals surface area contributed by atoms with Crippen molar-refractivity contribution >= 4 is 17.7 Å². The number of pyridine rings is 1. The third kappa shape index (κ3) is 6.82. The highest BCUT2D eigenvalue weighted by Gasteiger charge is 2.30. The van der Waals surface area contributed by atoms with Gasteiger partial charge in [-0.3, -0.25) is 9.78 Å². The van der Waals surface area contributed by atoms with Gasteiger partial charge in [0.25, 0.3) is 0 Å². The summed E-state index contributed by atoms with van der Waals surface area (Å²) in [5, 5.41) is 4.51. The number of hydrogen-bond acceptors (Lipinski definition) is 5. The van der Waals surface area contributed by atoms with E-state index in [0.717, 1.165) is 31.4 Å². The molecule has 1 saturated carbocycles. The molecule has 1 aliphatic carbocycles. The van der Waals surface area contributed by atoms with Crippen molar-refractivity contribution in [2.45, 2.75) is 78.0 Å². The number of nitrogens with one attached hydrogen (secondary N) is 2. The Hall–Kier alpha value is -2.15. The SMILES string of the molecule is CC(C)N(NC1CCC(C(=O)Nc2ccncc2)CC1)C(=O)OC(C)(C)C. The highest BCUT2D eigenvalue weighted by molar-refractivity contribution is 5.92. The molecule has 1 fully saturated rings. The van der Waals surface area contributed by atoms with Gasteiger partial charge in [-0.1, -0.05) is 0 Å². The Morgan fingerprint density at radius 3 is 2.26 bits per heavy atom. The molecule has 1 aromatic heterocycles. The number of carbonyl (C=O) groups excluding carboxylic acids is 2. The highest BCUT2D eigenvalue weighted by atomic mass is 16.6. The number of anilines is 1. The van der Waals surface area contributed by atoms with Crippen LogP contribution in [0.25, 0.3) is 0 Å². The molecule has 2 amide bonds. The van der Waals surface area contributed by atoms with Crippen molar-refractivity contribution in [3.63, 3.8) is 0 Å². The zero-order chi connectivity index (χ0) is 20.0. The molecule has 7 nitrogen and oxygen atoms in total. The number of nitrogens with zero attached hydrogens (tertiary/aromatic N) is 2. The average molecular weight is 377 g/mol. The molecule has 0 spiro atoms. The van der Waals surface area contributed by atoms with Gasteiger partial charge in [0.05, 0.1) is 0 Å². The van der Waals surface area contributed by atoms with Crippen LogP contribution in [0.1, 0.15) is 60.3 Å². The van der Waals surface area contributed by atoms with E-state index in [4.69, 9.17) is 4.74 Å². The summed E-state index contributed by atoms with van der Waals surface area (Å²) in [6, 6.07) is 3.70.